The molecule has 3 aromatic rings. The van der Waals surface area contributed by atoms with E-state index in [1.165, 1.54) is 11.8 Å². The molecule has 3 rings (SSSR count). The van der Waals surface area contributed by atoms with Crippen molar-refractivity contribution in [2.24, 2.45) is 0 Å². The Hall–Kier alpha value is -3.33. The van der Waals surface area contributed by atoms with E-state index in [0.717, 1.165) is 0 Å². The van der Waals surface area contributed by atoms with E-state index in [1.807, 2.05) is 20.8 Å². The lowest BCUT2D eigenvalue weighted by Gasteiger charge is -2.14. The van der Waals surface area contributed by atoms with E-state index in [1.54, 1.807) is 38.1 Å². The Balaban J connectivity index is 1.99. The zero-order valence-electron chi connectivity index (χ0n) is 18.3. The van der Waals surface area contributed by atoms with Crippen molar-refractivity contribution in [3.8, 4) is 11.7 Å². The number of nitrogens with zero attached hydrogens (tertiary/aromatic N) is 3. The molecule has 2 amide bonds. The van der Waals surface area contributed by atoms with Gasteiger partial charge in [-0.05, 0) is 32.0 Å². The number of carbonyl (C=O) groups is 1. The average Bonchev–Trinajstić information content (AvgIpc) is 3.10. The molecule has 9 nitrogen and oxygen atoms in total. The van der Waals surface area contributed by atoms with Crippen LogP contribution in [0.1, 0.15) is 37.7 Å². The van der Waals surface area contributed by atoms with Gasteiger partial charge in [0, 0.05) is 27.8 Å². The third-order valence-corrected chi connectivity index (χ3v) is 4.95. The topological polar surface area (TPSA) is 114 Å². The van der Waals surface area contributed by atoms with Gasteiger partial charge in [0.2, 0.25) is 5.95 Å². The third kappa shape index (κ3) is 4.88. The Labute approximate surface area is 184 Å². The van der Waals surface area contributed by atoms with Gasteiger partial charge in [0.05, 0.1) is 18.5 Å². The number of urea groups is 1. The van der Waals surface area contributed by atoms with Crippen LogP contribution < -0.4 is 20.9 Å². The van der Waals surface area contributed by atoms with Crippen molar-refractivity contribution < 1.29 is 9.53 Å². The van der Waals surface area contributed by atoms with Gasteiger partial charge in [-0.15, -0.1) is 0 Å². The van der Waals surface area contributed by atoms with Crippen molar-refractivity contribution in [2.75, 3.05) is 17.7 Å². The Morgan fingerprint density at radius 1 is 1.19 bits per heavy atom. The van der Waals surface area contributed by atoms with Crippen LogP contribution in [0.25, 0.3) is 5.95 Å². The molecule has 0 fully saturated rings. The molecule has 0 aliphatic rings. The first-order valence-electron chi connectivity index (χ1n) is 9.59. The largest absolute Gasteiger partial charge is 0.495 e. The van der Waals surface area contributed by atoms with E-state index in [4.69, 9.17) is 16.3 Å². The number of aromatic amines is 1. The lowest BCUT2D eigenvalue weighted by atomic mass is 9.92. The third-order valence-electron chi connectivity index (χ3n) is 4.71. The number of benzene rings is 1. The molecule has 0 saturated carbocycles. The van der Waals surface area contributed by atoms with Gasteiger partial charge >= 0.3 is 6.03 Å². The van der Waals surface area contributed by atoms with E-state index >= 15 is 0 Å². The molecular weight excluding hydrogens is 420 g/mol. The zero-order chi connectivity index (χ0) is 22.9. The zero-order valence-corrected chi connectivity index (χ0v) is 19.0. The monoisotopic (exact) mass is 444 g/mol. The van der Waals surface area contributed by atoms with Gasteiger partial charge in [-0.2, -0.15) is 9.78 Å². The van der Waals surface area contributed by atoms with Crippen LogP contribution in [0.4, 0.5) is 16.3 Å². The van der Waals surface area contributed by atoms with E-state index in [-0.39, 0.29) is 16.9 Å². The maximum Gasteiger partial charge on any atom is 0.324 e. The van der Waals surface area contributed by atoms with Gasteiger partial charge in [0.1, 0.15) is 11.6 Å². The predicted molar refractivity (Wildman–Crippen MR) is 121 cm³/mol. The number of carbonyl (C=O) groups excluding carboxylic acids is 1. The van der Waals surface area contributed by atoms with Gasteiger partial charge < -0.3 is 10.1 Å². The first kappa shape index (κ1) is 22.4. The fourth-order valence-corrected chi connectivity index (χ4v) is 2.95. The molecule has 0 aliphatic carbocycles. The first-order valence-corrected chi connectivity index (χ1v) is 9.97. The number of anilines is 2. The molecule has 0 aliphatic heterocycles. The van der Waals surface area contributed by atoms with E-state index < -0.39 is 6.03 Å². The number of aryl methyl sites for hydroxylation is 1. The molecule has 10 heteroatoms. The average molecular weight is 445 g/mol. The van der Waals surface area contributed by atoms with Crippen LogP contribution in [-0.2, 0) is 5.41 Å². The van der Waals surface area contributed by atoms with E-state index in [0.29, 0.717) is 39.2 Å². The van der Waals surface area contributed by atoms with Crippen LogP contribution in [0.2, 0.25) is 5.02 Å². The van der Waals surface area contributed by atoms with Crippen molar-refractivity contribution in [2.45, 2.75) is 40.0 Å². The number of amides is 2. The second-order valence-corrected chi connectivity index (χ2v) is 8.54. The fourth-order valence-electron chi connectivity index (χ4n) is 2.78. The lowest BCUT2D eigenvalue weighted by molar-refractivity contribution is 0.262. The Bertz CT molecular complexity index is 1190. The molecule has 1 aromatic carbocycles. The SMILES string of the molecule is COc1ccc(Cl)cc1NC(=O)Nc1cc(C(C)(C)C)nn1-c1nc(C)c(C)c(=O)[nH]1. The number of ether oxygens (including phenoxy) is 1. The van der Waals surface area contributed by atoms with Gasteiger partial charge in [-0.1, -0.05) is 32.4 Å². The summed E-state index contributed by atoms with van der Waals surface area (Å²) in [5, 5.41) is 10.5. The lowest BCUT2D eigenvalue weighted by Crippen LogP contribution is -2.23. The summed E-state index contributed by atoms with van der Waals surface area (Å²) < 4.78 is 6.67. The van der Waals surface area contributed by atoms with Crippen LogP contribution >= 0.6 is 11.6 Å². The molecule has 0 unspecified atom stereocenters. The summed E-state index contributed by atoms with van der Waals surface area (Å²) >= 11 is 6.04. The summed E-state index contributed by atoms with van der Waals surface area (Å²) in [7, 11) is 1.50. The van der Waals surface area contributed by atoms with Crippen molar-refractivity contribution in [3.63, 3.8) is 0 Å². The molecule has 0 radical (unpaired) electrons. The molecule has 0 atom stereocenters. The van der Waals surface area contributed by atoms with Crippen molar-refractivity contribution in [1.29, 1.82) is 0 Å². The molecule has 0 saturated heterocycles. The van der Waals surface area contributed by atoms with Crippen molar-refractivity contribution in [3.05, 3.63) is 56.6 Å². The maximum atomic E-state index is 12.7. The van der Waals surface area contributed by atoms with E-state index in [2.05, 4.69) is 25.7 Å². The van der Waals surface area contributed by atoms with Crippen LogP contribution in [0, 0.1) is 13.8 Å². The molecule has 31 heavy (non-hydrogen) atoms. The summed E-state index contributed by atoms with van der Waals surface area (Å²) in [5.74, 6) is 1.01. The second-order valence-electron chi connectivity index (χ2n) is 8.10. The number of halogens is 1. The number of aromatic nitrogens is 4. The quantitative estimate of drug-likeness (QED) is 0.558. The predicted octanol–water partition coefficient (Wildman–Crippen LogP) is 4.18. The van der Waals surface area contributed by atoms with E-state index in [9.17, 15) is 9.59 Å². The number of hydrogen-bond acceptors (Lipinski definition) is 5. The second kappa shape index (κ2) is 8.43. The highest BCUT2D eigenvalue weighted by Gasteiger charge is 2.23. The maximum absolute atomic E-state index is 12.7. The highest BCUT2D eigenvalue weighted by atomic mass is 35.5. The summed E-state index contributed by atoms with van der Waals surface area (Å²) in [5.41, 5.74) is 1.65. The van der Waals surface area contributed by atoms with Gasteiger partial charge in [-0.3, -0.25) is 15.1 Å². The molecular formula is C21H25ClN6O3. The molecule has 164 valence electrons. The fraction of sp³-hybridized carbons (Fsp3) is 0.333. The minimum Gasteiger partial charge on any atom is -0.495 e. The normalized spacial score (nSPS) is 11.3. The number of H-pyrrole nitrogens is 1. The molecule has 3 N–H and O–H groups in total. The van der Waals surface area contributed by atoms with Gasteiger partial charge in [-0.25, -0.2) is 9.78 Å². The molecule has 2 heterocycles. The smallest absolute Gasteiger partial charge is 0.324 e. The van der Waals surface area contributed by atoms with Crippen molar-refractivity contribution >= 4 is 29.1 Å². The number of rotatable bonds is 4. The molecule has 0 bridgehead atoms. The van der Waals surface area contributed by atoms with Crippen LogP contribution in [0.5, 0.6) is 5.75 Å². The van der Waals surface area contributed by atoms with Gasteiger partial charge in [0.25, 0.3) is 5.56 Å². The summed E-state index contributed by atoms with van der Waals surface area (Å²) in [6.45, 7) is 9.43. The minimum absolute atomic E-state index is 0.208. The molecule has 0 spiro atoms. The summed E-state index contributed by atoms with van der Waals surface area (Å²) in [6.07, 6.45) is 0. The summed E-state index contributed by atoms with van der Waals surface area (Å²) in [4.78, 5) is 32.1. The minimum atomic E-state index is -0.534. The standard InChI is InChI=1S/C21H25ClN6O3/c1-11-12(2)23-19(26-18(11)29)28-17(10-16(27-28)21(3,4)5)25-20(30)24-14-9-13(22)7-8-15(14)31-6/h7-10H,1-6H3,(H,23,26,29)(H2,24,25,30). The Kier molecular flexibility index (Phi) is 6.08. The Morgan fingerprint density at radius 3 is 2.52 bits per heavy atom. The first-order chi connectivity index (χ1) is 14.5. The highest BCUT2D eigenvalue weighted by molar-refractivity contribution is 6.31. The number of methoxy groups -OCH3 is 1. The van der Waals surface area contributed by atoms with Crippen LogP contribution in [-0.4, -0.2) is 32.9 Å². The highest BCUT2D eigenvalue weighted by Crippen LogP contribution is 2.29. The summed E-state index contributed by atoms with van der Waals surface area (Å²) in [6, 6.07) is 6.11. The Morgan fingerprint density at radius 2 is 1.90 bits per heavy atom. The van der Waals surface area contributed by atoms with Gasteiger partial charge in [0.15, 0.2) is 0 Å². The van der Waals surface area contributed by atoms with Crippen LogP contribution in [0.3, 0.4) is 0 Å². The molecule has 2 aromatic heterocycles. The van der Waals surface area contributed by atoms with Crippen molar-refractivity contribution in [1.82, 2.24) is 19.7 Å². The number of nitrogens with one attached hydrogen (secondary N) is 3. The van der Waals surface area contributed by atoms with Crippen LogP contribution in [0.15, 0.2) is 29.1 Å². The number of hydrogen-bond donors (Lipinski definition) is 3.